The molecular formula is C48H36LiP3S3Te. The van der Waals surface area contributed by atoms with E-state index < -0.39 is 39.3 Å². The standard InChI is InChI=1S/C48H36P3S3Te.Li/c1-7-19-37(20-8-1)49(38-21-9-2-10-22-38)43-31-34-46(52-43)55(47-35-32-44(53-47)50(39-23-11-3-12-24-39)40-25-13-4-14-26-40)48-36-33-45(54-48)51(41-27-15-5-16-28-41)42-29-17-6-18-30-42;/h1-36H;/q+1;-1. The number of hydrogen-bond donors (Lipinski definition) is 0. The molecule has 8 heteroatoms. The molecule has 3 aromatic heterocycles. The SMILES string of the molecule is [Li][Te](c1ccc(P(c2ccccc2)c2ccccc2)s1)(c1ccc(P(c2ccccc2)c2ccccc2)s1)c1ccc(P(c2ccccc2)c2ccccc2)s1. The Morgan fingerprint density at radius 1 is 0.268 bits per heavy atom. The van der Waals surface area contributed by atoms with Gasteiger partial charge >= 0.3 is 360 Å². The van der Waals surface area contributed by atoms with Crippen molar-refractivity contribution in [1.29, 1.82) is 0 Å². The van der Waals surface area contributed by atoms with Crippen molar-refractivity contribution >= 4 is 142 Å². The van der Waals surface area contributed by atoms with Crippen molar-refractivity contribution < 1.29 is 0 Å². The van der Waals surface area contributed by atoms with E-state index in [0.717, 1.165) is 0 Å². The van der Waals surface area contributed by atoms with Gasteiger partial charge in [0.1, 0.15) is 0 Å². The molecular weight excluding hydrogens is 900 g/mol. The predicted molar refractivity (Wildman–Crippen MR) is 259 cm³/mol. The molecule has 0 atom stereocenters. The first kappa shape index (κ1) is 38.6. The van der Waals surface area contributed by atoms with Crippen LogP contribution in [0.1, 0.15) is 0 Å². The maximum atomic E-state index is 2.68. The quantitative estimate of drug-likeness (QED) is 0.0894. The van der Waals surface area contributed by atoms with Crippen LogP contribution in [-0.4, -0.2) is 29.8 Å². The second kappa shape index (κ2) is 17.9. The van der Waals surface area contributed by atoms with Gasteiger partial charge in [0.15, 0.2) is 0 Å². The van der Waals surface area contributed by atoms with Crippen molar-refractivity contribution in [2.45, 2.75) is 0 Å². The molecule has 6 aromatic carbocycles. The molecule has 0 spiro atoms. The summed E-state index contributed by atoms with van der Waals surface area (Å²) in [7, 11) is -2.04. The third-order valence-electron chi connectivity index (χ3n) is 9.66. The molecule has 0 aliphatic heterocycles. The molecule has 0 unspecified atom stereocenters. The Bertz CT molecular complexity index is 2210. The molecule has 0 fully saturated rings. The Morgan fingerprint density at radius 3 is 0.661 bits per heavy atom. The van der Waals surface area contributed by atoms with Crippen LogP contribution >= 0.6 is 57.8 Å². The van der Waals surface area contributed by atoms with Crippen molar-refractivity contribution in [3.8, 4) is 0 Å². The molecule has 9 aromatic rings. The molecule has 0 saturated heterocycles. The van der Waals surface area contributed by atoms with Gasteiger partial charge in [-0.1, -0.05) is 0 Å². The normalized spacial score (nSPS) is 12.1. The number of thiophene rings is 3. The second-order valence-corrected chi connectivity index (χ2v) is 35.4. The summed E-state index contributed by atoms with van der Waals surface area (Å²) in [4.78, 5) is 0. The summed E-state index contributed by atoms with van der Waals surface area (Å²) in [5, 5.41) is 8.42. The van der Waals surface area contributed by atoms with Gasteiger partial charge in [-0.3, -0.25) is 0 Å². The average Bonchev–Trinajstić information content (AvgIpc) is 4.07. The number of benzene rings is 6. The Balaban J connectivity index is 1.20. The van der Waals surface area contributed by atoms with Crippen molar-refractivity contribution in [1.82, 2.24) is 0 Å². The van der Waals surface area contributed by atoms with Crippen LogP contribution in [0.25, 0.3) is 0 Å². The molecule has 0 amide bonds. The molecule has 0 radical (unpaired) electrons. The number of hydrogen-bond acceptors (Lipinski definition) is 3. The molecule has 0 saturated carbocycles. The van der Waals surface area contributed by atoms with E-state index in [4.69, 9.17) is 0 Å². The summed E-state index contributed by atoms with van der Waals surface area (Å²) in [5.74, 6) is 0. The van der Waals surface area contributed by atoms with Gasteiger partial charge in [0.05, 0.1) is 0 Å². The Labute approximate surface area is 356 Å². The Hall–Kier alpha value is -2.90. The Morgan fingerprint density at radius 2 is 0.464 bits per heavy atom. The van der Waals surface area contributed by atoms with Crippen LogP contribution < -0.4 is 54.5 Å². The first-order valence-corrected chi connectivity index (χ1v) is 30.8. The van der Waals surface area contributed by atoms with Gasteiger partial charge in [-0.2, -0.15) is 0 Å². The molecule has 0 bridgehead atoms. The van der Waals surface area contributed by atoms with Gasteiger partial charge in [0, 0.05) is 0 Å². The molecule has 0 aliphatic rings. The fraction of sp³-hybridized carbons (Fsp3) is 0. The topological polar surface area (TPSA) is 0 Å². The van der Waals surface area contributed by atoms with Crippen molar-refractivity contribution in [2.24, 2.45) is 0 Å². The summed E-state index contributed by atoms with van der Waals surface area (Å²) in [6.07, 6.45) is 0. The molecule has 56 heavy (non-hydrogen) atoms. The zero-order valence-corrected chi connectivity index (χ0v) is 38.2. The van der Waals surface area contributed by atoms with Crippen LogP contribution in [0.4, 0.5) is 0 Å². The van der Waals surface area contributed by atoms with Crippen LogP contribution in [0.15, 0.2) is 218 Å². The van der Waals surface area contributed by atoms with Gasteiger partial charge in [0.25, 0.3) is 0 Å². The zero-order valence-electron chi connectivity index (χ0n) is 30.8. The molecule has 9 rings (SSSR count). The first-order chi connectivity index (χ1) is 27.7. The summed E-state index contributed by atoms with van der Waals surface area (Å²) in [5.41, 5.74) is 0. The summed E-state index contributed by atoms with van der Waals surface area (Å²) in [6.45, 7) is 0. The predicted octanol–water partition coefficient (Wildman–Crippen LogP) is 7.28. The molecule has 0 nitrogen and oxygen atoms in total. The summed E-state index contributed by atoms with van der Waals surface area (Å²) < 4.78 is 9.17. The van der Waals surface area contributed by atoms with Crippen LogP contribution in [-0.2, 0) is 0 Å². The van der Waals surface area contributed by atoms with Gasteiger partial charge in [-0.25, -0.2) is 0 Å². The molecule has 0 N–H and O–H groups in total. The van der Waals surface area contributed by atoms with Crippen molar-refractivity contribution in [3.05, 3.63) is 218 Å². The summed E-state index contributed by atoms with van der Waals surface area (Å²) >= 11 is 5.68. The minimum absolute atomic E-state index is 0.679. The van der Waals surface area contributed by atoms with E-state index in [2.05, 4.69) is 267 Å². The van der Waals surface area contributed by atoms with Crippen molar-refractivity contribution in [3.63, 3.8) is 0 Å². The molecule has 268 valence electrons. The fourth-order valence-electron chi connectivity index (χ4n) is 6.92. The monoisotopic (exact) mass is 938 g/mol. The zero-order chi connectivity index (χ0) is 37.7. The third kappa shape index (κ3) is 8.07. The van der Waals surface area contributed by atoms with Gasteiger partial charge < -0.3 is 0 Å². The second-order valence-electron chi connectivity index (χ2n) is 13.2. The van der Waals surface area contributed by atoms with Gasteiger partial charge in [0.2, 0.25) is 0 Å². The Kier molecular flexibility index (Phi) is 12.4. The number of rotatable bonds is 12. The molecule has 0 aliphatic carbocycles. The van der Waals surface area contributed by atoms with E-state index in [0.29, 0.717) is 0 Å². The van der Waals surface area contributed by atoms with Crippen LogP contribution in [0.3, 0.4) is 0 Å². The van der Waals surface area contributed by atoms with Crippen molar-refractivity contribution in [2.75, 3.05) is 0 Å². The van der Waals surface area contributed by atoms with Crippen LogP contribution in [0, 0.1) is 0 Å². The fourth-order valence-corrected chi connectivity index (χ4v) is 36.2. The summed E-state index contributed by atoms with van der Waals surface area (Å²) in [6, 6.07) is 82.0. The van der Waals surface area contributed by atoms with Crippen LogP contribution in [0.5, 0.6) is 0 Å². The first-order valence-electron chi connectivity index (χ1n) is 18.5. The van der Waals surface area contributed by atoms with E-state index in [-0.39, 0.29) is 0 Å². The van der Waals surface area contributed by atoms with Gasteiger partial charge in [-0.05, 0) is 0 Å². The van der Waals surface area contributed by atoms with E-state index in [1.54, 1.807) is 8.78 Å². The van der Waals surface area contributed by atoms with E-state index in [1.165, 1.54) is 45.7 Å². The average molecular weight is 936 g/mol. The molecule has 3 heterocycles. The van der Waals surface area contributed by atoms with Crippen LogP contribution in [0.2, 0.25) is 0 Å². The minimum atomic E-state index is -3.26. The van der Waals surface area contributed by atoms with Gasteiger partial charge in [-0.15, -0.1) is 0 Å². The van der Waals surface area contributed by atoms with E-state index in [9.17, 15) is 0 Å². The van der Waals surface area contributed by atoms with E-state index >= 15 is 0 Å². The maximum absolute atomic E-state index is 3.26. The third-order valence-corrected chi connectivity index (χ3v) is 37.7. The van der Waals surface area contributed by atoms with E-state index in [1.807, 2.05) is 0 Å².